The third-order valence-corrected chi connectivity index (χ3v) is 9.59. The Morgan fingerprint density at radius 3 is 2.58 bits per heavy atom. The van der Waals surface area contributed by atoms with Gasteiger partial charge in [0.15, 0.2) is 11.6 Å². The highest BCUT2D eigenvalue weighted by Crippen LogP contribution is 2.41. The summed E-state index contributed by atoms with van der Waals surface area (Å²) >= 11 is 6.37. The summed E-state index contributed by atoms with van der Waals surface area (Å²) in [7, 11) is -1.99. The highest BCUT2D eigenvalue weighted by atomic mass is 35.5. The molecule has 1 heterocycles. The molecule has 1 aliphatic rings. The predicted octanol–water partition coefficient (Wildman–Crippen LogP) is 4.96. The molecule has 0 radical (unpaired) electrons. The van der Waals surface area contributed by atoms with Crippen LogP contribution < -0.4 is 5.48 Å². The summed E-state index contributed by atoms with van der Waals surface area (Å²) in [6.45, 7) is 13.0. The minimum atomic E-state index is -1.99. The van der Waals surface area contributed by atoms with Gasteiger partial charge in [-0.05, 0) is 30.6 Å². The van der Waals surface area contributed by atoms with Gasteiger partial charge in [-0.2, -0.15) is 0 Å². The number of rotatable bonds is 5. The number of aliphatic hydroxyl groups is 1. The van der Waals surface area contributed by atoms with E-state index in [2.05, 4.69) is 51.3 Å². The molecule has 0 saturated heterocycles. The maximum Gasteiger partial charge on any atom is 0.228 e. The number of fused-ring (bicyclic) bond motifs is 1. The van der Waals surface area contributed by atoms with Crippen molar-refractivity contribution in [3.8, 4) is 0 Å². The SMILES string of the molecule is CCCCC1(O)N=C(NO[Si](C)(C)C(C)(C)C)c2cccc(Cl)c21. The zero-order chi connectivity index (χ0) is 18.2. The molecule has 6 heteroatoms. The first-order valence-corrected chi connectivity index (χ1v) is 11.9. The van der Waals surface area contributed by atoms with Gasteiger partial charge in [-0.25, -0.2) is 4.99 Å². The van der Waals surface area contributed by atoms with E-state index in [1.807, 2.05) is 12.1 Å². The fourth-order valence-corrected chi connectivity index (χ4v) is 3.42. The Hall–Kier alpha value is -0.883. The zero-order valence-corrected chi connectivity index (χ0v) is 17.3. The second-order valence-electron chi connectivity index (χ2n) is 8.01. The number of nitrogens with one attached hydrogen (secondary N) is 1. The second kappa shape index (κ2) is 6.79. The second-order valence-corrected chi connectivity index (χ2v) is 13.1. The van der Waals surface area contributed by atoms with Crippen molar-refractivity contribution in [2.45, 2.75) is 70.8 Å². The molecule has 0 amide bonds. The van der Waals surface area contributed by atoms with E-state index in [0.29, 0.717) is 22.8 Å². The van der Waals surface area contributed by atoms with Crippen LogP contribution in [0.1, 0.15) is 58.1 Å². The molecule has 1 aromatic carbocycles. The van der Waals surface area contributed by atoms with E-state index in [1.165, 1.54) is 0 Å². The zero-order valence-electron chi connectivity index (χ0n) is 15.5. The predicted molar refractivity (Wildman–Crippen MR) is 103 cm³/mol. The van der Waals surface area contributed by atoms with Crippen LogP contribution in [-0.4, -0.2) is 19.3 Å². The van der Waals surface area contributed by atoms with Crippen molar-refractivity contribution in [2.75, 3.05) is 0 Å². The number of hydrogen-bond acceptors (Lipinski definition) is 4. The molecular weight excluding hydrogens is 340 g/mol. The molecular formula is C18H29ClN2O2Si. The van der Waals surface area contributed by atoms with Crippen LogP contribution in [0.15, 0.2) is 23.2 Å². The Kier molecular flexibility index (Phi) is 5.50. The molecule has 2 N–H and O–H groups in total. The van der Waals surface area contributed by atoms with Crippen molar-refractivity contribution in [3.63, 3.8) is 0 Å². The summed E-state index contributed by atoms with van der Waals surface area (Å²) in [5.74, 6) is 0.566. The normalized spacial score (nSPS) is 20.8. The van der Waals surface area contributed by atoms with Crippen LogP contribution in [0, 0.1) is 0 Å². The third kappa shape index (κ3) is 3.69. The van der Waals surface area contributed by atoms with E-state index in [-0.39, 0.29) is 5.04 Å². The maximum atomic E-state index is 11.1. The number of amidine groups is 1. The van der Waals surface area contributed by atoms with Gasteiger partial charge in [-0.15, -0.1) is 0 Å². The Morgan fingerprint density at radius 1 is 1.33 bits per heavy atom. The minimum Gasteiger partial charge on any atom is -0.365 e. The van der Waals surface area contributed by atoms with E-state index < -0.39 is 14.0 Å². The van der Waals surface area contributed by atoms with Gasteiger partial charge in [0.2, 0.25) is 8.32 Å². The molecule has 2 rings (SSSR count). The summed E-state index contributed by atoms with van der Waals surface area (Å²) in [5, 5.41) is 11.7. The fraction of sp³-hybridized carbons (Fsp3) is 0.611. The summed E-state index contributed by atoms with van der Waals surface area (Å²) < 4.78 is 6.08. The lowest BCUT2D eigenvalue weighted by molar-refractivity contribution is 0.0377. The first-order valence-electron chi connectivity index (χ1n) is 8.57. The largest absolute Gasteiger partial charge is 0.365 e. The van der Waals surface area contributed by atoms with Gasteiger partial charge in [0, 0.05) is 22.6 Å². The number of nitrogens with zero attached hydrogens (tertiary/aromatic N) is 1. The number of halogens is 1. The number of hydroxylamine groups is 1. The van der Waals surface area contributed by atoms with Gasteiger partial charge in [-0.1, -0.05) is 57.8 Å². The average molecular weight is 369 g/mol. The van der Waals surface area contributed by atoms with E-state index in [4.69, 9.17) is 16.1 Å². The van der Waals surface area contributed by atoms with Gasteiger partial charge >= 0.3 is 0 Å². The summed E-state index contributed by atoms with van der Waals surface area (Å²) in [5.41, 5.74) is 3.26. The van der Waals surface area contributed by atoms with E-state index >= 15 is 0 Å². The number of benzene rings is 1. The van der Waals surface area contributed by atoms with Crippen LogP contribution in [-0.2, 0) is 10.3 Å². The van der Waals surface area contributed by atoms with Gasteiger partial charge in [0.25, 0.3) is 0 Å². The van der Waals surface area contributed by atoms with Crippen molar-refractivity contribution in [1.29, 1.82) is 0 Å². The standard InChI is InChI=1S/C18H29ClN2O2Si/c1-7-8-12-18(22)15-13(10-9-11-14(15)19)16(20-18)21-23-24(5,6)17(2,3)4/h9-11,22H,7-8,12H2,1-6H3,(H,20,21). The first-order chi connectivity index (χ1) is 11.0. The fourth-order valence-electron chi connectivity index (χ4n) is 2.44. The van der Waals surface area contributed by atoms with Crippen LogP contribution in [0.3, 0.4) is 0 Å². The molecule has 0 aliphatic carbocycles. The number of hydrogen-bond donors (Lipinski definition) is 2. The van der Waals surface area contributed by atoms with Crippen molar-refractivity contribution in [3.05, 3.63) is 34.3 Å². The van der Waals surface area contributed by atoms with Crippen LogP contribution >= 0.6 is 11.6 Å². The lowest BCUT2D eigenvalue weighted by Crippen LogP contribution is -2.46. The van der Waals surface area contributed by atoms with Gasteiger partial charge in [0.05, 0.1) is 0 Å². The molecule has 0 bridgehead atoms. The summed E-state index contributed by atoms with van der Waals surface area (Å²) in [6, 6.07) is 5.59. The lowest BCUT2D eigenvalue weighted by atomic mass is 9.96. The summed E-state index contributed by atoms with van der Waals surface area (Å²) in [4.78, 5) is 4.55. The molecule has 0 fully saturated rings. The van der Waals surface area contributed by atoms with Crippen LogP contribution in [0.4, 0.5) is 0 Å². The van der Waals surface area contributed by atoms with Crippen molar-refractivity contribution < 1.29 is 9.63 Å². The van der Waals surface area contributed by atoms with Crippen LogP contribution in [0.25, 0.3) is 0 Å². The number of aliphatic imine (C=N–C) groups is 1. The van der Waals surface area contributed by atoms with Crippen molar-refractivity contribution >= 4 is 25.8 Å². The average Bonchev–Trinajstić information content (AvgIpc) is 2.76. The number of unbranched alkanes of at least 4 members (excludes halogenated alkanes) is 1. The molecule has 4 nitrogen and oxygen atoms in total. The molecule has 134 valence electrons. The molecule has 1 unspecified atom stereocenters. The smallest absolute Gasteiger partial charge is 0.228 e. The van der Waals surface area contributed by atoms with Crippen LogP contribution in [0.2, 0.25) is 23.2 Å². The highest BCUT2D eigenvalue weighted by Gasteiger charge is 2.42. The van der Waals surface area contributed by atoms with E-state index in [1.54, 1.807) is 6.07 Å². The van der Waals surface area contributed by atoms with Crippen molar-refractivity contribution in [2.24, 2.45) is 4.99 Å². The minimum absolute atomic E-state index is 0.0782. The highest BCUT2D eigenvalue weighted by molar-refractivity contribution is 6.74. The summed E-state index contributed by atoms with van der Waals surface area (Å²) in [6.07, 6.45) is 2.41. The molecule has 0 spiro atoms. The van der Waals surface area contributed by atoms with Gasteiger partial charge in [-0.3, -0.25) is 5.48 Å². The Bertz CT molecular complexity index is 640. The molecule has 1 aliphatic heterocycles. The Labute approximate surface area is 151 Å². The molecule has 0 saturated carbocycles. The quantitative estimate of drug-likeness (QED) is 0.570. The monoisotopic (exact) mass is 368 g/mol. The lowest BCUT2D eigenvalue weighted by Gasteiger charge is -2.35. The molecule has 24 heavy (non-hydrogen) atoms. The van der Waals surface area contributed by atoms with Gasteiger partial charge < -0.3 is 9.63 Å². The maximum absolute atomic E-state index is 11.1. The van der Waals surface area contributed by atoms with Crippen molar-refractivity contribution in [1.82, 2.24) is 5.48 Å². The Morgan fingerprint density at radius 2 is 2.00 bits per heavy atom. The van der Waals surface area contributed by atoms with E-state index in [9.17, 15) is 5.11 Å². The molecule has 0 aromatic heterocycles. The molecule has 1 aromatic rings. The Balaban J connectivity index is 2.31. The van der Waals surface area contributed by atoms with Crippen LogP contribution in [0.5, 0.6) is 0 Å². The molecule has 1 atom stereocenters. The van der Waals surface area contributed by atoms with Gasteiger partial charge in [0.1, 0.15) is 0 Å². The topological polar surface area (TPSA) is 53.9 Å². The first kappa shape index (κ1) is 19.4. The third-order valence-electron chi connectivity index (χ3n) is 5.05. The van der Waals surface area contributed by atoms with E-state index in [0.717, 1.165) is 18.4 Å².